The molecule has 134 valence electrons. The number of nitrogens with zero attached hydrogens (tertiary/aromatic N) is 2. The summed E-state index contributed by atoms with van der Waals surface area (Å²) in [4.78, 5) is 15.8. The van der Waals surface area contributed by atoms with Gasteiger partial charge in [0, 0.05) is 32.2 Å². The first-order valence-corrected chi connectivity index (χ1v) is 8.64. The molecule has 0 radical (unpaired) electrons. The van der Waals surface area contributed by atoms with Gasteiger partial charge in [-0.1, -0.05) is 19.3 Å². The Morgan fingerprint density at radius 2 is 1.52 bits per heavy atom. The monoisotopic (exact) mass is 335 g/mol. The van der Waals surface area contributed by atoms with Crippen LogP contribution in [0.1, 0.15) is 46.0 Å². The lowest BCUT2D eigenvalue weighted by Crippen LogP contribution is -2.58. The Bertz CT molecular complexity index is 389. The Labute approximate surface area is 136 Å². The number of piperazine rings is 1. The lowest BCUT2D eigenvalue weighted by Gasteiger charge is -2.40. The van der Waals surface area contributed by atoms with Crippen LogP contribution in [0.15, 0.2) is 0 Å². The van der Waals surface area contributed by atoms with Crippen molar-refractivity contribution in [2.75, 3.05) is 26.2 Å². The molecule has 23 heavy (non-hydrogen) atoms. The average Bonchev–Trinajstić information content (AvgIpc) is 2.53. The number of alkyl halides is 3. The number of rotatable bonds is 4. The summed E-state index contributed by atoms with van der Waals surface area (Å²) >= 11 is 0. The van der Waals surface area contributed by atoms with Crippen molar-refractivity contribution in [1.82, 2.24) is 15.1 Å². The summed E-state index contributed by atoms with van der Waals surface area (Å²) in [5.41, 5.74) is 0. The lowest BCUT2D eigenvalue weighted by molar-refractivity contribution is -0.183. The maximum atomic E-state index is 12.8. The molecule has 2 aliphatic rings. The van der Waals surface area contributed by atoms with Gasteiger partial charge >= 0.3 is 6.18 Å². The molecule has 1 amide bonds. The van der Waals surface area contributed by atoms with Gasteiger partial charge < -0.3 is 5.32 Å². The van der Waals surface area contributed by atoms with Gasteiger partial charge in [-0.2, -0.15) is 13.2 Å². The molecule has 2 rings (SSSR count). The molecule has 1 saturated carbocycles. The highest BCUT2D eigenvalue weighted by molar-refractivity contribution is 5.81. The Morgan fingerprint density at radius 1 is 1.00 bits per heavy atom. The number of carbonyl (C=O) groups is 1. The molecule has 4 nitrogen and oxygen atoms in total. The third-order valence-electron chi connectivity index (χ3n) is 5.25. The summed E-state index contributed by atoms with van der Waals surface area (Å²) in [5, 5.41) is 3.10. The highest BCUT2D eigenvalue weighted by Crippen LogP contribution is 2.25. The van der Waals surface area contributed by atoms with Crippen molar-refractivity contribution in [1.29, 1.82) is 0 Å². The normalized spacial score (nSPS) is 25.1. The highest BCUT2D eigenvalue weighted by Gasteiger charge is 2.41. The molecule has 1 N–H and O–H groups in total. The summed E-state index contributed by atoms with van der Waals surface area (Å²) in [6, 6.07) is -1.43. The van der Waals surface area contributed by atoms with E-state index in [4.69, 9.17) is 0 Å². The van der Waals surface area contributed by atoms with E-state index < -0.39 is 12.2 Å². The van der Waals surface area contributed by atoms with E-state index in [0.717, 1.165) is 25.7 Å². The predicted octanol–water partition coefficient (Wildman–Crippen LogP) is 2.39. The molecule has 1 saturated heterocycles. The van der Waals surface area contributed by atoms with Crippen LogP contribution in [0, 0.1) is 0 Å². The van der Waals surface area contributed by atoms with E-state index in [1.54, 1.807) is 0 Å². The van der Waals surface area contributed by atoms with Crippen LogP contribution >= 0.6 is 0 Å². The summed E-state index contributed by atoms with van der Waals surface area (Å²) in [6.45, 7) is 4.75. The minimum Gasteiger partial charge on any atom is -0.352 e. The third kappa shape index (κ3) is 5.08. The van der Waals surface area contributed by atoms with E-state index in [1.807, 2.05) is 11.8 Å². The maximum Gasteiger partial charge on any atom is 0.403 e. The van der Waals surface area contributed by atoms with Gasteiger partial charge in [0.2, 0.25) is 5.91 Å². The number of hydrogen-bond acceptors (Lipinski definition) is 3. The molecule has 0 aromatic heterocycles. The quantitative estimate of drug-likeness (QED) is 0.857. The summed E-state index contributed by atoms with van der Waals surface area (Å²) in [5.74, 6) is 0.00854. The fourth-order valence-corrected chi connectivity index (χ4v) is 3.45. The van der Waals surface area contributed by atoms with Crippen LogP contribution in [0.5, 0.6) is 0 Å². The van der Waals surface area contributed by atoms with Crippen molar-refractivity contribution < 1.29 is 18.0 Å². The number of carbonyl (C=O) groups excluding carboxylic acids is 1. The topological polar surface area (TPSA) is 35.6 Å². The zero-order chi connectivity index (χ0) is 17.0. The summed E-state index contributed by atoms with van der Waals surface area (Å²) in [7, 11) is 0. The molecule has 0 aromatic carbocycles. The largest absolute Gasteiger partial charge is 0.403 e. The van der Waals surface area contributed by atoms with E-state index in [-0.39, 0.29) is 18.0 Å². The second kappa shape index (κ2) is 7.83. The Hall–Kier alpha value is -0.820. The zero-order valence-electron chi connectivity index (χ0n) is 14.0. The number of amides is 1. The minimum absolute atomic E-state index is 0.00854. The van der Waals surface area contributed by atoms with Crippen molar-refractivity contribution in [3.8, 4) is 0 Å². The fourth-order valence-electron chi connectivity index (χ4n) is 3.45. The van der Waals surface area contributed by atoms with Crippen LogP contribution in [0.2, 0.25) is 0 Å². The Morgan fingerprint density at radius 3 is 2.04 bits per heavy atom. The smallest absolute Gasteiger partial charge is 0.352 e. The van der Waals surface area contributed by atoms with Crippen LogP contribution < -0.4 is 5.32 Å². The van der Waals surface area contributed by atoms with Crippen molar-refractivity contribution in [3.63, 3.8) is 0 Å². The van der Waals surface area contributed by atoms with Crippen LogP contribution in [-0.4, -0.2) is 66.2 Å². The SMILES string of the molecule is CC(C(=O)NC1CCCCC1)N1CCN(C(C)C(F)(F)F)CC1. The first-order valence-electron chi connectivity index (χ1n) is 8.64. The van der Waals surface area contributed by atoms with Gasteiger partial charge in [-0.3, -0.25) is 14.6 Å². The van der Waals surface area contributed by atoms with Gasteiger partial charge in [0.25, 0.3) is 0 Å². The van der Waals surface area contributed by atoms with Gasteiger partial charge in [-0.25, -0.2) is 0 Å². The molecule has 0 spiro atoms. The molecule has 2 atom stereocenters. The third-order valence-corrected chi connectivity index (χ3v) is 5.25. The number of nitrogens with one attached hydrogen (secondary N) is 1. The predicted molar refractivity (Wildman–Crippen MR) is 83.1 cm³/mol. The van der Waals surface area contributed by atoms with Crippen molar-refractivity contribution in [2.45, 2.75) is 70.3 Å². The van der Waals surface area contributed by atoms with E-state index in [2.05, 4.69) is 5.32 Å². The fraction of sp³-hybridized carbons (Fsp3) is 0.938. The molecule has 2 fully saturated rings. The first-order chi connectivity index (χ1) is 10.8. The van der Waals surface area contributed by atoms with Crippen LogP contribution in [0.25, 0.3) is 0 Å². The van der Waals surface area contributed by atoms with Gasteiger partial charge in [0.05, 0.1) is 6.04 Å². The van der Waals surface area contributed by atoms with Gasteiger partial charge in [-0.15, -0.1) is 0 Å². The van der Waals surface area contributed by atoms with Crippen LogP contribution in [0.3, 0.4) is 0 Å². The lowest BCUT2D eigenvalue weighted by atomic mass is 9.95. The summed E-state index contributed by atoms with van der Waals surface area (Å²) < 4.78 is 38.3. The van der Waals surface area contributed by atoms with Crippen LogP contribution in [-0.2, 0) is 4.79 Å². The summed E-state index contributed by atoms with van der Waals surface area (Å²) in [6.07, 6.45) is 1.44. The van der Waals surface area contributed by atoms with Crippen LogP contribution in [0.4, 0.5) is 13.2 Å². The van der Waals surface area contributed by atoms with Crippen molar-refractivity contribution in [2.24, 2.45) is 0 Å². The van der Waals surface area contributed by atoms with Crippen molar-refractivity contribution >= 4 is 5.91 Å². The Balaban J connectivity index is 1.78. The Kier molecular flexibility index (Phi) is 6.31. The molecular weight excluding hydrogens is 307 g/mol. The first kappa shape index (κ1) is 18.5. The average molecular weight is 335 g/mol. The second-order valence-electron chi connectivity index (χ2n) is 6.81. The number of halogens is 3. The van der Waals surface area contributed by atoms with E-state index in [9.17, 15) is 18.0 Å². The van der Waals surface area contributed by atoms with E-state index in [0.29, 0.717) is 26.2 Å². The molecule has 0 bridgehead atoms. The molecule has 1 heterocycles. The van der Waals surface area contributed by atoms with E-state index >= 15 is 0 Å². The standard InChI is InChI=1S/C16H28F3N3O/c1-12(15(23)20-14-6-4-3-5-7-14)21-8-10-22(11-9-21)13(2)16(17,18)19/h12-14H,3-11H2,1-2H3,(H,20,23). The number of hydrogen-bond donors (Lipinski definition) is 1. The molecule has 1 aliphatic carbocycles. The van der Waals surface area contributed by atoms with E-state index in [1.165, 1.54) is 18.2 Å². The van der Waals surface area contributed by atoms with Gasteiger partial charge in [0.15, 0.2) is 0 Å². The van der Waals surface area contributed by atoms with Gasteiger partial charge in [0.1, 0.15) is 6.04 Å². The maximum absolute atomic E-state index is 12.8. The highest BCUT2D eigenvalue weighted by atomic mass is 19.4. The molecule has 1 aliphatic heterocycles. The van der Waals surface area contributed by atoms with Crippen molar-refractivity contribution in [3.05, 3.63) is 0 Å². The second-order valence-corrected chi connectivity index (χ2v) is 6.81. The molecule has 0 aromatic rings. The minimum atomic E-state index is -4.19. The molecule has 2 unspecified atom stereocenters. The zero-order valence-corrected chi connectivity index (χ0v) is 14.0. The van der Waals surface area contributed by atoms with Gasteiger partial charge in [-0.05, 0) is 26.7 Å². The molecular formula is C16H28F3N3O. The molecule has 7 heteroatoms.